The molecule has 6 heteroatoms. The van der Waals surface area contributed by atoms with Gasteiger partial charge < -0.3 is 15.8 Å². The lowest BCUT2D eigenvalue weighted by Gasteiger charge is -2.21. The molecule has 1 aromatic heterocycles. The molecule has 3 N–H and O–H groups in total. The molecule has 0 aromatic carbocycles. The normalized spacial score (nSPS) is 15.7. The van der Waals surface area contributed by atoms with Gasteiger partial charge in [0.2, 0.25) is 11.8 Å². The molecule has 0 unspecified atom stereocenters. The van der Waals surface area contributed by atoms with E-state index in [0.717, 1.165) is 25.7 Å². The van der Waals surface area contributed by atoms with Gasteiger partial charge in [-0.1, -0.05) is 19.3 Å². The van der Waals surface area contributed by atoms with Gasteiger partial charge in [0.15, 0.2) is 0 Å². The fourth-order valence-electron chi connectivity index (χ4n) is 2.54. The number of methoxy groups -OCH3 is 1. The quantitative estimate of drug-likeness (QED) is 0.875. The first-order valence-electron chi connectivity index (χ1n) is 6.77. The monoisotopic (exact) mass is 277 g/mol. The number of carbonyl (C=O) groups is 2. The van der Waals surface area contributed by atoms with Crippen LogP contribution in [0, 0.1) is 5.92 Å². The SMILES string of the molecule is COc1nccc(NC(=O)C2CCCCC2)c1C(N)=O. The maximum Gasteiger partial charge on any atom is 0.256 e. The molecule has 0 saturated heterocycles. The van der Waals surface area contributed by atoms with E-state index in [1.807, 2.05) is 0 Å². The van der Waals surface area contributed by atoms with Crippen LogP contribution in [0.25, 0.3) is 0 Å². The molecule has 108 valence electrons. The summed E-state index contributed by atoms with van der Waals surface area (Å²) in [5.41, 5.74) is 5.81. The largest absolute Gasteiger partial charge is 0.480 e. The molecule has 1 aromatic rings. The van der Waals surface area contributed by atoms with Gasteiger partial charge in [-0.05, 0) is 18.9 Å². The van der Waals surface area contributed by atoms with E-state index in [0.29, 0.717) is 5.69 Å². The molecular formula is C14H19N3O3. The number of hydrogen-bond donors (Lipinski definition) is 2. The summed E-state index contributed by atoms with van der Waals surface area (Å²) >= 11 is 0. The van der Waals surface area contributed by atoms with Crippen molar-refractivity contribution < 1.29 is 14.3 Å². The van der Waals surface area contributed by atoms with E-state index in [9.17, 15) is 9.59 Å². The van der Waals surface area contributed by atoms with Crippen molar-refractivity contribution in [2.24, 2.45) is 11.7 Å². The fraction of sp³-hybridized carbons (Fsp3) is 0.500. The number of nitrogens with one attached hydrogen (secondary N) is 1. The second-order valence-corrected chi connectivity index (χ2v) is 4.93. The van der Waals surface area contributed by atoms with Gasteiger partial charge >= 0.3 is 0 Å². The number of nitrogens with two attached hydrogens (primary N) is 1. The van der Waals surface area contributed by atoms with Crippen LogP contribution in [-0.2, 0) is 4.79 Å². The maximum atomic E-state index is 12.2. The van der Waals surface area contributed by atoms with E-state index in [1.165, 1.54) is 19.7 Å². The molecule has 1 aliphatic carbocycles. The van der Waals surface area contributed by atoms with Crippen LogP contribution in [0.15, 0.2) is 12.3 Å². The minimum Gasteiger partial charge on any atom is -0.480 e. The molecule has 1 fully saturated rings. The lowest BCUT2D eigenvalue weighted by Crippen LogP contribution is -2.26. The molecule has 0 aliphatic heterocycles. The van der Waals surface area contributed by atoms with Crippen molar-refractivity contribution in [2.75, 3.05) is 12.4 Å². The maximum absolute atomic E-state index is 12.2. The highest BCUT2D eigenvalue weighted by atomic mass is 16.5. The van der Waals surface area contributed by atoms with Gasteiger partial charge in [0.25, 0.3) is 5.91 Å². The highest BCUT2D eigenvalue weighted by Crippen LogP contribution is 2.27. The smallest absolute Gasteiger partial charge is 0.256 e. The van der Waals surface area contributed by atoms with E-state index in [1.54, 1.807) is 6.07 Å². The molecule has 20 heavy (non-hydrogen) atoms. The number of primary amides is 1. The van der Waals surface area contributed by atoms with Crippen LogP contribution in [0.4, 0.5) is 5.69 Å². The molecule has 0 radical (unpaired) electrons. The Hall–Kier alpha value is -2.11. The predicted octanol–water partition coefficient (Wildman–Crippen LogP) is 1.71. The molecular weight excluding hydrogens is 258 g/mol. The van der Waals surface area contributed by atoms with Gasteiger partial charge in [0.05, 0.1) is 12.8 Å². The molecule has 2 amide bonds. The van der Waals surface area contributed by atoms with Crippen molar-refractivity contribution in [1.82, 2.24) is 4.98 Å². The topological polar surface area (TPSA) is 94.3 Å². The predicted molar refractivity (Wildman–Crippen MR) is 74.5 cm³/mol. The summed E-state index contributed by atoms with van der Waals surface area (Å²) in [6.07, 6.45) is 6.57. The first-order chi connectivity index (χ1) is 9.63. The molecule has 6 nitrogen and oxygen atoms in total. The van der Waals surface area contributed by atoms with Gasteiger partial charge in [0, 0.05) is 12.1 Å². The Balaban J connectivity index is 2.20. The summed E-state index contributed by atoms with van der Waals surface area (Å²) in [6, 6.07) is 1.56. The third kappa shape index (κ3) is 3.07. The third-order valence-electron chi connectivity index (χ3n) is 3.59. The van der Waals surface area contributed by atoms with E-state index in [-0.39, 0.29) is 23.3 Å². The zero-order valence-corrected chi connectivity index (χ0v) is 11.5. The van der Waals surface area contributed by atoms with Crippen LogP contribution in [0.5, 0.6) is 5.88 Å². The number of aromatic nitrogens is 1. The zero-order valence-electron chi connectivity index (χ0n) is 11.5. The summed E-state index contributed by atoms with van der Waals surface area (Å²) in [5.74, 6) is -0.614. The first kappa shape index (κ1) is 14.3. The van der Waals surface area contributed by atoms with E-state index in [2.05, 4.69) is 10.3 Å². The molecule has 1 aliphatic rings. The Morgan fingerprint density at radius 1 is 1.35 bits per heavy atom. The van der Waals surface area contributed by atoms with E-state index in [4.69, 9.17) is 10.5 Å². The first-order valence-corrected chi connectivity index (χ1v) is 6.77. The Morgan fingerprint density at radius 2 is 2.05 bits per heavy atom. The number of amides is 2. The highest BCUT2D eigenvalue weighted by molar-refractivity contribution is 6.05. The van der Waals surface area contributed by atoms with Crippen LogP contribution < -0.4 is 15.8 Å². The zero-order chi connectivity index (χ0) is 14.5. The second-order valence-electron chi connectivity index (χ2n) is 4.93. The van der Waals surface area contributed by atoms with Gasteiger partial charge in [-0.25, -0.2) is 4.98 Å². The summed E-state index contributed by atoms with van der Waals surface area (Å²) in [4.78, 5) is 27.7. The summed E-state index contributed by atoms with van der Waals surface area (Å²) in [6.45, 7) is 0. The average molecular weight is 277 g/mol. The number of ether oxygens (including phenoxy) is 1. The van der Waals surface area contributed by atoms with Crippen molar-refractivity contribution in [2.45, 2.75) is 32.1 Å². The van der Waals surface area contributed by atoms with Crippen LogP contribution in [0.1, 0.15) is 42.5 Å². The standard InChI is InChI=1S/C14H19N3O3/c1-20-14-11(12(15)18)10(7-8-16-14)17-13(19)9-5-3-2-4-6-9/h7-9H,2-6H2,1H3,(H2,15,18)(H,16,17,19). The third-order valence-corrected chi connectivity index (χ3v) is 3.59. The Bertz CT molecular complexity index is 510. The molecule has 0 atom stereocenters. The van der Waals surface area contributed by atoms with Crippen LogP contribution in [0.2, 0.25) is 0 Å². The van der Waals surface area contributed by atoms with Crippen molar-refractivity contribution in [3.63, 3.8) is 0 Å². The fourth-order valence-corrected chi connectivity index (χ4v) is 2.54. The van der Waals surface area contributed by atoms with Crippen LogP contribution >= 0.6 is 0 Å². The van der Waals surface area contributed by atoms with Gasteiger partial charge in [-0.3, -0.25) is 9.59 Å². The van der Waals surface area contributed by atoms with Gasteiger partial charge in [-0.2, -0.15) is 0 Å². The highest BCUT2D eigenvalue weighted by Gasteiger charge is 2.23. The number of pyridine rings is 1. The molecule has 0 spiro atoms. The van der Waals surface area contributed by atoms with Crippen molar-refractivity contribution >= 4 is 17.5 Å². The number of rotatable bonds is 4. The molecule has 2 rings (SSSR count). The second kappa shape index (κ2) is 6.36. The summed E-state index contributed by atoms with van der Waals surface area (Å²) < 4.78 is 5.01. The number of nitrogens with zero attached hydrogens (tertiary/aromatic N) is 1. The summed E-state index contributed by atoms with van der Waals surface area (Å²) in [5, 5.41) is 2.78. The van der Waals surface area contributed by atoms with Gasteiger partial charge in [0.1, 0.15) is 5.56 Å². The Labute approximate surface area is 117 Å². The molecule has 1 heterocycles. The molecule has 0 bridgehead atoms. The van der Waals surface area contributed by atoms with E-state index < -0.39 is 5.91 Å². The van der Waals surface area contributed by atoms with Crippen molar-refractivity contribution in [3.05, 3.63) is 17.8 Å². The summed E-state index contributed by atoms with van der Waals surface area (Å²) in [7, 11) is 1.40. The number of carbonyl (C=O) groups excluding carboxylic acids is 2. The minimum atomic E-state index is -0.672. The van der Waals surface area contributed by atoms with E-state index >= 15 is 0 Å². The van der Waals surface area contributed by atoms with Crippen molar-refractivity contribution in [1.29, 1.82) is 0 Å². The number of anilines is 1. The van der Waals surface area contributed by atoms with Crippen molar-refractivity contribution in [3.8, 4) is 5.88 Å². The van der Waals surface area contributed by atoms with Crippen LogP contribution in [-0.4, -0.2) is 23.9 Å². The average Bonchev–Trinajstić information content (AvgIpc) is 2.47. The molecule has 1 saturated carbocycles. The Morgan fingerprint density at radius 3 is 2.65 bits per heavy atom. The lowest BCUT2D eigenvalue weighted by atomic mass is 9.88. The van der Waals surface area contributed by atoms with Gasteiger partial charge in [-0.15, -0.1) is 0 Å². The Kier molecular flexibility index (Phi) is 4.55. The minimum absolute atomic E-state index is 0.00337. The van der Waals surface area contributed by atoms with Crippen LogP contribution in [0.3, 0.4) is 0 Å². The number of hydrogen-bond acceptors (Lipinski definition) is 4. The lowest BCUT2D eigenvalue weighted by molar-refractivity contribution is -0.120.